The second kappa shape index (κ2) is 7.29. The molecular formula is C11H16N2O6S. The standard InChI is InChI=1S/C11H16N2O6S/c1-19-7-10(14)6-12-20(17,18)8-9-4-2-3-5-11(9)13(15)16/h2-5,10,12,14H,6-8H2,1H3. The number of aliphatic hydroxyl groups is 1. The highest BCUT2D eigenvalue weighted by Gasteiger charge is 2.20. The minimum absolute atomic E-state index is 0.00595. The molecule has 2 N–H and O–H groups in total. The molecule has 1 aromatic rings. The summed E-state index contributed by atoms with van der Waals surface area (Å²) >= 11 is 0. The van der Waals surface area contributed by atoms with Gasteiger partial charge in [0.1, 0.15) is 0 Å². The average molecular weight is 304 g/mol. The summed E-state index contributed by atoms with van der Waals surface area (Å²) in [5, 5.41) is 20.2. The molecule has 0 bridgehead atoms. The van der Waals surface area contributed by atoms with E-state index >= 15 is 0 Å². The Bertz CT molecular complexity index is 560. The Balaban J connectivity index is 2.74. The molecular weight excluding hydrogens is 288 g/mol. The first-order valence-corrected chi connectivity index (χ1v) is 7.37. The summed E-state index contributed by atoms with van der Waals surface area (Å²) in [5.74, 6) is -0.524. The number of nitro groups is 1. The molecule has 9 heteroatoms. The van der Waals surface area contributed by atoms with E-state index in [1.807, 2.05) is 0 Å². The molecule has 0 fully saturated rings. The van der Waals surface area contributed by atoms with E-state index in [0.717, 1.165) is 0 Å². The van der Waals surface area contributed by atoms with Crippen molar-refractivity contribution in [3.05, 3.63) is 39.9 Å². The van der Waals surface area contributed by atoms with Crippen LogP contribution in [-0.2, 0) is 20.5 Å². The van der Waals surface area contributed by atoms with Crippen LogP contribution in [0.3, 0.4) is 0 Å². The van der Waals surface area contributed by atoms with Crippen LogP contribution in [0.25, 0.3) is 0 Å². The van der Waals surface area contributed by atoms with Crippen molar-refractivity contribution in [2.45, 2.75) is 11.9 Å². The van der Waals surface area contributed by atoms with Crippen LogP contribution < -0.4 is 4.72 Å². The molecule has 0 aliphatic carbocycles. The van der Waals surface area contributed by atoms with E-state index in [-0.39, 0.29) is 24.4 Å². The van der Waals surface area contributed by atoms with Crippen molar-refractivity contribution in [1.29, 1.82) is 0 Å². The number of nitro benzene ring substituents is 1. The molecule has 0 aliphatic rings. The minimum Gasteiger partial charge on any atom is -0.389 e. The number of rotatable bonds is 8. The van der Waals surface area contributed by atoms with Gasteiger partial charge >= 0.3 is 0 Å². The third-order valence-electron chi connectivity index (χ3n) is 2.43. The lowest BCUT2D eigenvalue weighted by atomic mass is 10.2. The van der Waals surface area contributed by atoms with Crippen LogP contribution in [0.5, 0.6) is 0 Å². The molecule has 1 rings (SSSR count). The Labute approximate surface area is 116 Å². The van der Waals surface area contributed by atoms with Crippen LogP contribution in [0.2, 0.25) is 0 Å². The molecule has 0 aliphatic heterocycles. The number of ether oxygens (including phenoxy) is 1. The second-order valence-electron chi connectivity index (χ2n) is 4.10. The summed E-state index contributed by atoms with van der Waals surface area (Å²) in [7, 11) is -2.39. The van der Waals surface area contributed by atoms with Gasteiger partial charge < -0.3 is 9.84 Å². The monoisotopic (exact) mass is 304 g/mol. The van der Waals surface area contributed by atoms with Crippen LogP contribution in [0, 0.1) is 10.1 Å². The molecule has 0 amide bonds. The van der Waals surface area contributed by atoms with Crippen molar-refractivity contribution in [1.82, 2.24) is 4.72 Å². The molecule has 0 saturated heterocycles. The summed E-state index contributed by atoms with van der Waals surface area (Å²) in [4.78, 5) is 10.2. The SMILES string of the molecule is COCC(O)CNS(=O)(=O)Cc1ccccc1[N+](=O)[O-]. The second-order valence-corrected chi connectivity index (χ2v) is 5.91. The molecule has 112 valence electrons. The van der Waals surface area contributed by atoms with Gasteiger partial charge in [0.15, 0.2) is 0 Å². The van der Waals surface area contributed by atoms with E-state index in [4.69, 9.17) is 0 Å². The zero-order valence-electron chi connectivity index (χ0n) is 10.9. The van der Waals surface area contributed by atoms with Crippen molar-refractivity contribution in [2.24, 2.45) is 0 Å². The number of aliphatic hydroxyl groups excluding tert-OH is 1. The smallest absolute Gasteiger partial charge is 0.273 e. The van der Waals surface area contributed by atoms with Crippen LogP contribution in [0.15, 0.2) is 24.3 Å². The van der Waals surface area contributed by atoms with Crippen molar-refractivity contribution in [3.8, 4) is 0 Å². The molecule has 0 aromatic heterocycles. The maximum Gasteiger partial charge on any atom is 0.273 e. The van der Waals surface area contributed by atoms with Gasteiger partial charge in [-0.05, 0) is 0 Å². The molecule has 1 aromatic carbocycles. The lowest BCUT2D eigenvalue weighted by Gasteiger charge is -2.11. The number of hydrogen-bond acceptors (Lipinski definition) is 6. The Hall–Kier alpha value is -1.55. The highest BCUT2D eigenvalue weighted by atomic mass is 32.2. The highest BCUT2D eigenvalue weighted by Crippen LogP contribution is 2.19. The van der Waals surface area contributed by atoms with Crippen LogP contribution in [-0.4, -0.2) is 44.8 Å². The maximum atomic E-state index is 11.8. The predicted molar refractivity (Wildman–Crippen MR) is 71.6 cm³/mol. The van der Waals surface area contributed by atoms with Crippen molar-refractivity contribution in [3.63, 3.8) is 0 Å². The van der Waals surface area contributed by atoms with E-state index < -0.39 is 26.8 Å². The number of benzene rings is 1. The minimum atomic E-state index is -3.77. The largest absolute Gasteiger partial charge is 0.389 e. The third-order valence-corrected chi connectivity index (χ3v) is 3.73. The van der Waals surface area contributed by atoms with Gasteiger partial charge in [-0.2, -0.15) is 0 Å². The molecule has 0 spiro atoms. The fourth-order valence-electron chi connectivity index (χ4n) is 1.54. The van der Waals surface area contributed by atoms with Gasteiger partial charge in [0.05, 0.1) is 23.4 Å². The Morgan fingerprint density at radius 2 is 2.10 bits per heavy atom. The van der Waals surface area contributed by atoms with Gasteiger partial charge in [0.2, 0.25) is 10.0 Å². The van der Waals surface area contributed by atoms with Gasteiger partial charge in [0.25, 0.3) is 5.69 Å². The van der Waals surface area contributed by atoms with E-state index in [1.54, 1.807) is 0 Å². The van der Waals surface area contributed by atoms with Gasteiger partial charge in [-0.25, -0.2) is 13.1 Å². The lowest BCUT2D eigenvalue weighted by molar-refractivity contribution is -0.385. The third kappa shape index (κ3) is 5.21. The first-order chi connectivity index (χ1) is 9.35. The normalized spacial score (nSPS) is 13.1. The number of sulfonamides is 1. The van der Waals surface area contributed by atoms with E-state index in [2.05, 4.69) is 9.46 Å². The molecule has 8 nitrogen and oxygen atoms in total. The number of nitrogens with one attached hydrogen (secondary N) is 1. The maximum absolute atomic E-state index is 11.8. The highest BCUT2D eigenvalue weighted by molar-refractivity contribution is 7.88. The van der Waals surface area contributed by atoms with Crippen molar-refractivity contribution in [2.75, 3.05) is 20.3 Å². The van der Waals surface area contributed by atoms with E-state index in [9.17, 15) is 23.6 Å². The zero-order chi connectivity index (χ0) is 15.2. The summed E-state index contributed by atoms with van der Waals surface area (Å²) in [6.07, 6.45) is -0.972. The molecule has 1 atom stereocenters. The summed E-state index contributed by atoms with van der Waals surface area (Å²) in [6, 6.07) is 5.61. The summed E-state index contributed by atoms with van der Waals surface area (Å²) < 4.78 is 30.4. The van der Waals surface area contributed by atoms with Crippen molar-refractivity contribution >= 4 is 15.7 Å². The summed E-state index contributed by atoms with van der Waals surface area (Å²) in [5.41, 5.74) is -0.165. The van der Waals surface area contributed by atoms with Gasteiger partial charge in [0, 0.05) is 25.3 Å². The predicted octanol–water partition coefficient (Wildman–Crippen LogP) is 0.0215. The summed E-state index contributed by atoms with van der Waals surface area (Å²) in [6.45, 7) is -0.217. The van der Waals surface area contributed by atoms with Crippen molar-refractivity contribution < 1.29 is 23.2 Å². The van der Waals surface area contributed by atoms with Gasteiger partial charge in [-0.1, -0.05) is 18.2 Å². The van der Waals surface area contributed by atoms with E-state index in [1.165, 1.54) is 31.4 Å². The molecule has 1 unspecified atom stereocenters. The quantitative estimate of drug-likeness (QED) is 0.516. The van der Waals surface area contributed by atoms with Crippen LogP contribution in [0.1, 0.15) is 5.56 Å². The van der Waals surface area contributed by atoms with Gasteiger partial charge in [-0.15, -0.1) is 0 Å². The fraction of sp³-hybridized carbons (Fsp3) is 0.455. The lowest BCUT2D eigenvalue weighted by Crippen LogP contribution is -2.35. The first kappa shape index (κ1) is 16.5. The number of nitrogens with zero attached hydrogens (tertiary/aromatic N) is 1. The molecule has 0 heterocycles. The van der Waals surface area contributed by atoms with Gasteiger partial charge in [-0.3, -0.25) is 10.1 Å². The van der Waals surface area contributed by atoms with E-state index in [0.29, 0.717) is 0 Å². The number of para-hydroxylation sites is 1. The molecule has 0 radical (unpaired) electrons. The number of hydrogen-bond donors (Lipinski definition) is 2. The van der Waals surface area contributed by atoms with Crippen LogP contribution >= 0.6 is 0 Å². The topological polar surface area (TPSA) is 119 Å². The van der Waals surface area contributed by atoms with Crippen LogP contribution in [0.4, 0.5) is 5.69 Å². The fourth-order valence-corrected chi connectivity index (χ4v) is 2.74. The Morgan fingerprint density at radius 3 is 2.70 bits per heavy atom. The number of methoxy groups -OCH3 is 1. The average Bonchev–Trinajstić information content (AvgIpc) is 2.37. The Kier molecular flexibility index (Phi) is 6.02. The zero-order valence-corrected chi connectivity index (χ0v) is 11.7. The first-order valence-electron chi connectivity index (χ1n) is 5.72. The Morgan fingerprint density at radius 1 is 1.45 bits per heavy atom. The molecule has 0 saturated carbocycles. The molecule has 20 heavy (non-hydrogen) atoms.